The smallest absolute Gasteiger partial charge is 0.338 e. The number of carbonyl (C=O) groups excluding carboxylic acids is 1. The van der Waals surface area contributed by atoms with Crippen LogP contribution in [0.3, 0.4) is 0 Å². The Labute approximate surface area is 149 Å². The molecule has 1 aliphatic heterocycles. The molecular weight excluding hydrogens is 332 g/mol. The minimum atomic E-state index is -0.550. The topological polar surface area (TPSA) is 94.8 Å². The summed E-state index contributed by atoms with van der Waals surface area (Å²) in [7, 11) is 0. The van der Waals surface area contributed by atoms with E-state index in [0.717, 1.165) is 5.56 Å². The maximum atomic E-state index is 12.9. The summed E-state index contributed by atoms with van der Waals surface area (Å²) in [4.78, 5) is 17.2. The Morgan fingerprint density at radius 1 is 1.19 bits per heavy atom. The monoisotopic (exact) mass is 348 g/mol. The number of allylic oxidation sites excluding steroid dienone is 1. The number of rotatable bonds is 4. The Kier molecular flexibility index (Phi) is 4.14. The number of anilines is 1. The van der Waals surface area contributed by atoms with E-state index in [9.17, 15) is 4.79 Å². The first kappa shape index (κ1) is 15.9. The van der Waals surface area contributed by atoms with Gasteiger partial charge in [-0.1, -0.05) is 41.5 Å². The van der Waals surface area contributed by atoms with E-state index in [1.165, 1.54) is 4.68 Å². The molecule has 1 aliphatic rings. The van der Waals surface area contributed by atoms with E-state index in [2.05, 4.69) is 25.8 Å². The zero-order valence-corrected chi connectivity index (χ0v) is 14.0. The molecule has 1 aromatic carbocycles. The highest BCUT2D eigenvalue weighted by Crippen LogP contribution is 2.33. The molecule has 1 unspecified atom stereocenters. The first-order chi connectivity index (χ1) is 12.7. The Morgan fingerprint density at radius 2 is 2.00 bits per heavy atom. The molecule has 0 aliphatic carbocycles. The molecule has 0 fully saturated rings. The van der Waals surface area contributed by atoms with Gasteiger partial charge in [-0.25, -0.2) is 4.79 Å². The van der Waals surface area contributed by atoms with Crippen molar-refractivity contribution in [2.75, 3.05) is 5.32 Å². The van der Waals surface area contributed by atoms with Gasteiger partial charge >= 0.3 is 5.97 Å². The van der Waals surface area contributed by atoms with Crippen molar-refractivity contribution in [3.8, 4) is 0 Å². The van der Waals surface area contributed by atoms with Crippen molar-refractivity contribution in [3.63, 3.8) is 0 Å². The van der Waals surface area contributed by atoms with Crippen LogP contribution in [0, 0.1) is 0 Å². The number of hydrogen-bond donors (Lipinski definition) is 1. The highest BCUT2D eigenvalue weighted by molar-refractivity contribution is 5.92. The van der Waals surface area contributed by atoms with Crippen LogP contribution in [0.25, 0.3) is 0 Å². The fourth-order valence-corrected chi connectivity index (χ4v) is 2.89. The third kappa shape index (κ3) is 2.92. The molecule has 8 heteroatoms. The lowest BCUT2D eigenvalue weighted by molar-refractivity contribution is -0.140. The fraction of sp³-hybridized carbons (Fsp3) is 0.167. The Morgan fingerprint density at radius 3 is 2.77 bits per heavy atom. The van der Waals surface area contributed by atoms with Gasteiger partial charge in [0.2, 0.25) is 5.95 Å². The van der Waals surface area contributed by atoms with Gasteiger partial charge in [0.15, 0.2) is 0 Å². The number of benzene rings is 1. The second-order valence-electron chi connectivity index (χ2n) is 5.83. The Balaban J connectivity index is 1.67. The van der Waals surface area contributed by atoms with Gasteiger partial charge < -0.3 is 10.1 Å². The van der Waals surface area contributed by atoms with Crippen molar-refractivity contribution in [3.05, 3.63) is 77.3 Å². The predicted molar refractivity (Wildman–Crippen MR) is 92.8 cm³/mol. The number of esters is 1. The number of aromatic nitrogens is 5. The second kappa shape index (κ2) is 6.75. The lowest BCUT2D eigenvalue weighted by atomic mass is 10.00. The zero-order valence-electron chi connectivity index (χ0n) is 14.0. The van der Waals surface area contributed by atoms with Crippen molar-refractivity contribution < 1.29 is 9.53 Å². The summed E-state index contributed by atoms with van der Waals surface area (Å²) in [5.41, 5.74) is 2.65. The number of hydrogen-bond acceptors (Lipinski definition) is 7. The molecule has 8 nitrogen and oxygen atoms in total. The minimum absolute atomic E-state index is 0.188. The van der Waals surface area contributed by atoms with E-state index in [4.69, 9.17) is 4.74 Å². The second-order valence-corrected chi connectivity index (χ2v) is 5.83. The zero-order chi connectivity index (χ0) is 17.9. The maximum Gasteiger partial charge on any atom is 0.338 e. The molecular formula is C18H16N6O2. The number of tetrazole rings is 1. The van der Waals surface area contributed by atoms with Crippen LogP contribution in [0.5, 0.6) is 0 Å². The summed E-state index contributed by atoms with van der Waals surface area (Å²) in [5, 5.41) is 14.7. The maximum absolute atomic E-state index is 12.9. The number of nitrogens with one attached hydrogen (secondary N) is 1. The molecule has 0 radical (unpaired) electrons. The minimum Gasteiger partial charge on any atom is -0.457 e. The van der Waals surface area contributed by atoms with Crippen molar-refractivity contribution in [2.24, 2.45) is 0 Å². The molecule has 3 heterocycles. The van der Waals surface area contributed by atoms with Crippen LogP contribution < -0.4 is 5.32 Å². The van der Waals surface area contributed by atoms with Gasteiger partial charge in [-0.15, -0.1) is 0 Å². The molecule has 0 saturated heterocycles. The first-order valence-electron chi connectivity index (χ1n) is 8.11. The van der Waals surface area contributed by atoms with Crippen LogP contribution >= 0.6 is 0 Å². The standard InChI is InChI=1S/C18H16N6O2/c1-12-15(17(25)26-11-13-7-3-2-4-8-13)16(14-9-5-6-10-19-14)24-18(20-12)21-22-23-24/h2-10,16H,11H2,1H3,(H,20,21,23). The average molecular weight is 348 g/mol. The third-order valence-electron chi connectivity index (χ3n) is 4.11. The largest absolute Gasteiger partial charge is 0.457 e. The van der Waals surface area contributed by atoms with E-state index in [1.54, 1.807) is 13.1 Å². The van der Waals surface area contributed by atoms with Gasteiger partial charge in [-0.2, -0.15) is 4.68 Å². The highest BCUT2D eigenvalue weighted by Gasteiger charge is 2.35. The Bertz CT molecular complexity index is 952. The average Bonchev–Trinajstić information content (AvgIpc) is 3.14. The van der Waals surface area contributed by atoms with Gasteiger partial charge in [-0.3, -0.25) is 4.98 Å². The van der Waals surface area contributed by atoms with Crippen LogP contribution in [0.4, 0.5) is 5.95 Å². The van der Waals surface area contributed by atoms with Crippen molar-refractivity contribution in [2.45, 2.75) is 19.6 Å². The fourth-order valence-electron chi connectivity index (χ4n) is 2.89. The van der Waals surface area contributed by atoms with Crippen LogP contribution in [0.2, 0.25) is 0 Å². The summed E-state index contributed by atoms with van der Waals surface area (Å²) < 4.78 is 7.07. The third-order valence-corrected chi connectivity index (χ3v) is 4.11. The number of nitrogens with zero attached hydrogens (tertiary/aromatic N) is 5. The normalized spacial score (nSPS) is 16.0. The van der Waals surface area contributed by atoms with Crippen LogP contribution in [0.15, 0.2) is 66.0 Å². The summed E-state index contributed by atoms with van der Waals surface area (Å²) in [5.74, 6) is 0.0217. The van der Waals surface area contributed by atoms with E-state index < -0.39 is 12.0 Å². The molecule has 1 N–H and O–H groups in total. The molecule has 0 amide bonds. The summed E-state index contributed by atoms with van der Waals surface area (Å²) in [6.07, 6.45) is 1.67. The van der Waals surface area contributed by atoms with Crippen LogP contribution in [-0.2, 0) is 16.1 Å². The number of pyridine rings is 1. The van der Waals surface area contributed by atoms with E-state index in [1.807, 2.05) is 48.5 Å². The summed E-state index contributed by atoms with van der Waals surface area (Å²) in [6, 6.07) is 14.5. The van der Waals surface area contributed by atoms with Gasteiger partial charge in [0.25, 0.3) is 0 Å². The van der Waals surface area contributed by atoms with Crippen molar-refractivity contribution in [1.29, 1.82) is 0 Å². The summed E-state index contributed by atoms with van der Waals surface area (Å²) >= 11 is 0. The number of ether oxygens (including phenoxy) is 1. The van der Waals surface area contributed by atoms with Gasteiger partial charge in [0.1, 0.15) is 12.6 Å². The Hall–Kier alpha value is -3.55. The molecule has 26 heavy (non-hydrogen) atoms. The molecule has 4 rings (SSSR count). The SMILES string of the molecule is CC1=C(C(=O)OCc2ccccc2)C(c2ccccn2)n2nnnc2N1. The van der Waals surface area contributed by atoms with Gasteiger partial charge in [0, 0.05) is 11.9 Å². The van der Waals surface area contributed by atoms with Crippen LogP contribution in [-0.4, -0.2) is 31.2 Å². The molecule has 3 aromatic rings. The summed E-state index contributed by atoms with van der Waals surface area (Å²) in [6.45, 7) is 1.99. The number of carbonyl (C=O) groups is 1. The van der Waals surface area contributed by atoms with E-state index in [-0.39, 0.29) is 6.61 Å². The van der Waals surface area contributed by atoms with Gasteiger partial charge in [-0.05, 0) is 35.0 Å². The van der Waals surface area contributed by atoms with E-state index in [0.29, 0.717) is 22.9 Å². The lowest BCUT2D eigenvalue weighted by Gasteiger charge is -2.26. The molecule has 0 spiro atoms. The van der Waals surface area contributed by atoms with Crippen molar-refractivity contribution in [1.82, 2.24) is 25.2 Å². The lowest BCUT2D eigenvalue weighted by Crippen LogP contribution is -2.30. The van der Waals surface area contributed by atoms with Crippen molar-refractivity contribution >= 4 is 11.9 Å². The predicted octanol–water partition coefficient (Wildman–Crippen LogP) is 2.10. The molecule has 130 valence electrons. The van der Waals surface area contributed by atoms with E-state index >= 15 is 0 Å². The highest BCUT2D eigenvalue weighted by atomic mass is 16.5. The molecule has 0 saturated carbocycles. The molecule has 0 bridgehead atoms. The van der Waals surface area contributed by atoms with Crippen LogP contribution in [0.1, 0.15) is 24.2 Å². The number of fused-ring (bicyclic) bond motifs is 1. The molecule has 1 atom stereocenters. The first-order valence-corrected chi connectivity index (χ1v) is 8.11. The molecule has 2 aromatic heterocycles. The quantitative estimate of drug-likeness (QED) is 0.721. The van der Waals surface area contributed by atoms with Gasteiger partial charge in [0.05, 0.1) is 11.3 Å².